The van der Waals surface area contributed by atoms with Crippen molar-refractivity contribution in [1.82, 2.24) is 25.5 Å². The van der Waals surface area contributed by atoms with Gasteiger partial charge in [0.15, 0.2) is 12.4 Å². The molecule has 2 heterocycles. The third kappa shape index (κ3) is 5.95. The molecule has 3 N–H and O–H groups in total. The Hall–Kier alpha value is -4.79. The van der Waals surface area contributed by atoms with Gasteiger partial charge in [-0.3, -0.25) is 9.89 Å². The fourth-order valence-electron chi connectivity index (χ4n) is 3.94. The predicted octanol–water partition coefficient (Wildman–Crippen LogP) is 5.86. The van der Waals surface area contributed by atoms with Gasteiger partial charge in [-0.1, -0.05) is 24.3 Å². The summed E-state index contributed by atoms with van der Waals surface area (Å²) in [6, 6.07) is 19.4. The van der Waals surface area contributed by atoms with Crippen LogP contribution in [-0.4, -0.2) is 38.2 Å². The Morgan fingerprint density at radius 2 is 1.79 bits per heavy atom. The summed E-state index contributed by atoms with van der Waals surface area (Å²) in [6.07, 6.45) is 3.58. The summed E-state index contributed by atoms with van der Waals surface area (Å²) in [5.74, 6) is 0.828. The van der Waals surface area contributed by atoms with E-state index in [2.05, 4.69) is 25.8 Å². The lowest BCUT2D eigenvalue weighted by atomic mass is 10.1. The molecule has 0 aliphatic rings. The SMILES string of the molecule is CC(C)(C)NC(=O)COc1cccc(-c2nc(Nc3ccc(-c4cn[nH]c4)cc3)c3cc(F)ccc3n2)c1. The number of nitrogens with zero attached hydrogens (tertiary/aromatic N) is 3. The number of halogens is 1. The Labute approximate surface area is 219 Å². The number of rotatable bonds is 7. The van der Waals surface area contributed by atoms with Gasteiger partial charge < -0.3 is 15.4 Å². The summed E-state index contributed by atoms with van der Waals surface area (Å²) in [6.45, 7) is 5.62. The molecular weight excluding hydrogens is 483 g/mol. The van der Waals surface area contributed by atoms with E-state index in [4.69, 9.17) is 9.72 Å². The summed E-state index contributed by atoms with van der Waals surface area (Å²) < 4.78 is 19.9. The van der Waals surface area contributed by atoms with Crippen LogP contribution in [0.4, 0.5) is 15.9 Å². The molecule has 0 atom stereocenters. The second kappa shape index (κ2) is 10.3. The molecule has 9 heteroatoms. The summed E-state index contributed by atoms with van der Waals surface area (Å²) in [5.41, 5.74) is 3.72. The number of hydrogen-bond donors (Lipinski definition) is 3. The lowest BCUT2D eigenvalue weighted by Crippen LogP contribution is -2.43. The summed E-state index contributed by atoms with van der Waals surface area (Å²) in [7, 11) is 0. The molecule has 192 valence electrons. The number of nitrogens with one attached hydrogen (secondary N) is 3. The van der Waals surface area contributed by atoms with Crippen LogP contribution in [0.15, 0.2) is 79.1 Å². The standard InChI is InChI=1S/C29H27FN6O2/c1-29(2,3)36-26(37)17-38-23-6-4-5-19(13-23)27-34-25-12-9-21(30)14-24(25)28(35-27)33-22-10-7-18(8-11-22)20-15-31-32-16-20/h4-16H,17H2,1-3H3,(H,31,32)(H,36,37)(H,33,34,35). The quantitative estimate of drug-likeness (QED) is 0.253. The topological polar surface area (TPSA) is 105 Å². The zero-order valence-corrected chi connectivity index (χ0v) is 21.2. The van der Waals surface area contributed by atoms with Crippen LogP contribution in [0.5, 0.6) is 5.75 Å². The van der Waals surface area contributed by atoms with Gasteiger partial charge in [-0.2, -0.15) is 5.10 Å². The summed E-state index contributed by atoms with van der Waals surface area (Å²) in [5, 5.41) is 13.5. The molecule has 5 aromatic rings. The maximum absolute atomic E-state index is 14.2. The van der Waals surface area contributed by atoms with Crippen molar-refractivity contribution in [2.24, 2.45) is 0 Å². The van der Waals surface area contributed by atoms with Gasteiger partial charge in [0.1, 0.15) is 17.4 Å². The van der Waals surface area contributed by atoms with Crippen molar-refractivity contribution in [2.45, 2.75) is 26.3 Å². The molecule has 0 spiro atoms. The average Bonchev–Trinajstić information content (AvgIpc) is 3.42. The number of benzene rings is 3. The molecule has 3 aromatic carbocycles. The van der Waals surface area contributed by atoms with Crippen LogP contribution in [0.25, 0.3) is 33.4 Å². The van der Waals surface area contributed by atoms with Gasteiger partial charge >= 0.3 is 0 Å². The Kier molecular flexibility index (Phi) is 6.74. The smallest absolute Gasteiger partial charge is 0.258 e. The molecular formula is C29H27FN6O2. The van der Waals surface area contributed by atoms with Crippen LogP contribution < -0.4 is 15.4 Å². The average molecular weight is 511 g/mol. The highest BCUT2D eigenvalue weighted by molar-refractivity contribution is 5.92. The number of H-pyrrole nitrogens is 1. The van der Waals surface area contributed by atoms with Gasteiger partial charge in [-0.15, -0.1) is 0 Å². The molecule has 0 saturated heterocycles. The van der Waals surface area contributed by atoms with Gasteiger partial charge in [0.05, 0.1) is 11.7 Å². The van der Waals surface area contributed by atoms with Gasteiger partial charge in [-0.05, 0) is 68.8 Å². The van der Waals surface area contributed by atoms with Crippen molar-refractivity contribution in [3.63, 3.8) is 0 Å². The number of anilines is 2. The van der Waals surface area contributed by atoms with E-state index >= 15 is 0 Å². The monoisotopic (exact) mass is 510 g/mol. The number of fused-ring (bicyclic) bond motifs is 1. The largest absolute Gasteiger partial charge is 0.484 e. The Bertz CT molecular complexity index is 1580. The molecule has 0 unspecified atom stereocenters. The second-order valence-corrected chi connectivity index (χ2v) is 9.86. The highest BCUT2D eigenvalue weighted by atomic mass is 19.1. The fraction of sp³-hybridized carbons (Fsp3) is 0.172. The van der Waals surface area contributed by atoms with E-state index in [0.717, 1.165) is 16.8 Å². The van der Waals surface area contributed by atoms with E-state index in [9.17, 15) is 9.18 Å². The third-order valence-corrected chi connectivity index (χ3v) is 5.61. The lowest BCUT2D eigenvalue weighted by Gasteiger charge is -2.20. The van der Waals surface area contributed by atoms with Crippen molar-refractivity contribution in [2.75, 3.05) is 11.9 Å². The molecule has 2 aromatic heterocycles. The lowest BCUT2D eigenvalue weighted by molar-refractivity contribution is -0.124. The maximum atomic E-state index is 14.2. The summed E-state index contributed by atoms with van der Waals surface area (Å²) >= 11 is 0. The zero-order chi connectivity index (χ0) is 26.7. The van der Waals surface area contributed by atoms with Crippen molar-refractivity contribution in [3.8, 4) is 28.3 Å². The molecule has 0 aliphatic heterocycles. The maximum Gasteiger partial charge on any atom is 0.258 e. The fourth-order valence-corrected chi connectivity index (χ4v) is 3.94. The molecule has 0 aliphatic carbocycles. The van der Waals surface area contributed by atoms with E-state index in [1.165, 1.54) is 12.1 Å². The second-order valence-electron chi connectivity index (χ2n) is 9.86. The van der Waals surface area contributed by atoms with Crippen LogP contribution in [0, 0.1) is 5.82 Å². The number of hydrogen-bond acceptors (Lipinski definition) is 6. The first-order valence-corrected chi connectivity index (χ1v) is 12.1. The van der Waals surface area contributed by atoms with E-state index in [1.54, 1.807) is 24.4 Å². The molecule has 0 fully saturated rings. The van der Waals surface area contributed by atoms with E-state index in [0.29, 0.717) is 33.9 Å². The first-order chi connectivity index (χ1) is 18.2. The highest BCUT2D eigenvalue weighted by Crippen LogP contribution is 2.30. The van der Waals surface area contributed by atoms with Crippen molar-refractivity contribution in [3.05, 3.63) is 84.9 Å². The predicted molar refractivity (Wildman–Crippen MR) is 146 cm³/mol. The number of aromatic nitrogens is 4. The van der Waals surface area contributed by atoms with Crippen molar-refractivity contribution < 1.29 is 13.9 Å². The first kappa shape index (κ1) is 24.9. The van der Waals surface area contributed by atoms with E-state index in [1.807, 2.05) is 63.4 Å². The van der Waals surface area contributed by atoms with Crippen molar-refractivity contribution >= 4 is 28.3 Å². The van der Waals surface area contributed by atoms with Gasteiger partial charge in [-0.25, -0.2) is 14.4 Å². The molecule has 0 bridgehead atoms. The minimum Gasteiger partial charge on any atom is -0.484 e. The van der Waals surface area contributed by atoms with Crippen LogP contribution >= 0.6 is 0 Å². The van der Waals surface area contributed by atoms with Crippen molar-refractivity contribution in [1.29, 1.82) is 0 Å². The van der Waals surface area contributed by atoms with E-state index < -0.39 is 0 Å². The molecule has 5 rings (SSSR count). The Morgan fingerprint density at radius 3 is 2.53 bits per heavy atom. The van der Waals surface area contributed by atoms with Gasteiger partial charge in [0.2, 0.25) is 0 Å². The van der Waals surface area contributed by atoms with E-state index in [-0.39, 0.29) is 23.9 Å². The van der Waals surface area contributed by atoms with Crippen LogP contribution in [0.1, 0.15) is 20.8 Å². The number of aromatic amines is 1. The number of carbonyl (C=O) groups is 1. The minimum atomic E-state index is -0.379. The first-order valence-electron chi connectivity index (χ1n) is 12.1. The van der Waals surface area contributed by atoms with Crippen LogP contribution in [0.2, 0.25) is 0 Å². The van der Waals surface area contributed by atoms with Gasteiger partial charge in [0.25, 0.3) is 5.91 Å². The van der Waals surface area contributed by atoms with Crippen LogP contribution in [-0.2, 0) is 4.79 Å². The zero-order valence-electron chi connectivity index (χ0n) is 21.2. The Balaban J connectivity index is 1.43. The molecule has 0 radical (unpaired) electrons. The molecule has 0 saturated carbocycles. The minimum absolute atomic E-state index is 0.111. The van der Waals surface area contributed by atoms with Gasteiger partial charge in [0, 0.05) is 33.9 Å². The third-order valence-electron chi connectivity index (χ3n) is 5.61. The molecule has 8 nitrogen and oxygen atoms in total. The van der Waals surface area contributed by atoms with Crippen LogP contribution in [0.3, 0.4) is 0 Å². The number of ether oxygens (including phenoxy) is 1. The number of carbonyl (C=O) groups excluding carboxylic acids is 1. The number of amides is 1. The highest BCUT2D eigenvalue weighted by Gasteiger charge is 2.15. The molecule has 1 amide bonds. The Morgan fingerprint density at radius 1 is 0.974 bits per heavy atom. The molecule has 38 heavy (non-hydrogen) atoms. The normalized spacial score (nSPS) is 11.4. The summed E-state index contributed by atoms with van der Waals surface area (Å²) in [4.78, 5) is 21.5.